The van der Waals surface area contributed by atoms with Crippen molar-refractivity contribution in [3.8, 4) is 0 Å². The van der Waals surface area contributed by atoms with E-state index in [1.54, 1.807) is 4.90 Å². The Hall–Kier alpha value is -2.66. The summed E-state index contributed by atoms with van der Waals surface area (Å²) < 4.78 is 0. The van der Waals surface area contributed by atoms with Gasteiger partial charge in [-0.2, -0.15) is 0 Å². The second-order valence-corrected chi connectivity index (χ2v) is 6.63. The first-order chi connectivity index (χ1) is 12.7. The van der Waals surface area contributed by atoms with E-state index in [-0.39, 0.29) is 24.2 Å². The Balaban J connectivity index is 1.58. The summed E-state index contributed by atoms with van der Waals surface area (Å²) in [6.45, 7) is 4.76. The summed E-state index contributed by atoms with van der Waals surface area (Å²) in [6, 6.07) is 17.7. The van der Waals surface area contributed by atoms with Gasteiger partial charge in [-0.3, -0.25) is 9.59 Å². The molecule has 2 amide bonds. The predicted octanol–water partition coefficient (Wildman–Crippen LogP) is 2.78. The van der Waals surface area contributed by atoms with Crippen LogP contribution < -0.4 is 10.6 Å². The maximum atomic E-state index is 12.6. The standard InChI is InChI=1S/C21H25N3O2/c1-2-22-13-17-9-6-10-19(11-17)23-21(26)18-12-20(25)24(15-18)14-16-7-4-3-5-8-16/h3-11,18,22H,2,12-15H2,1H3,(H,23,26). The molecule has 1 aliphatic rings. The third-order valence-corrected chi connectivity index (χ3v) is 4.58. The summed E-state index contributed by atoms with van der Waals surface area (Å²) >= 11 is 0. The van der Waals surface area contributed by atoms with Crippen molar-refractivity contribution in [2.75, 3.05) is 18.4 Å². The molecule has 3 rings (SSSR count). The van der Waals surface area contributed by atoms with E-state index >= 15 is 0 Å². The van der Waals surface area contributed by atoms with Gasteiger partial charge >= 0.3 is 0 Å². The lowest BCUT2D eigenvalue weighted by Crippen LogP contribution is -2.28. The van der Waals surface area contributed by atoms with Crippen LogP contribution in [-0.4, -0.2) is 29.8 Å². The minimum atomic E-state index is -0.302. The van der Waals surface area contributed by atoms with Gasteiger partial charge in [-0.1, -0.05) is 49.4 Å². The van der Waals surface area contributed by atoms with Crippen LogP contribution in [0.2, 0.25) is 0 Å². The molecule has 5 heteroatoms. The Morgan fingerprint density at radius 3 is 2.65 bits per heavy atom. The molecule has 0 aliphatic carbocycles. The van der Waals surface area contributed by atoms with Gasteiger partial charge < -0.3 is 15.5 Å². The number of anilines is 1. The summed E-state index contributed by atoms with van der Waals surface area (Å²) in [5.41, 5.74) is 2.98. The fourth-order valence-electron chi connectivity index (χ4n) is 3.18. The van der Waals surface area contributed by atoms with Gasteiger partial charge in [-0.05, 0) is 29.8 Å². The normalized spacial score (nSPS) is 16.7. The van der Waals surface area contributed by atoms with Crippen LogP contribution in [0.15, 0.2) is 54.6 Å². The number of hydrogen-bond acceptors (Lipinski definition) is 3. The number of hydrogen-bond donors (Lipinski definition) is 2. The molecule has 2 aromatic carbocycles. The number of nitrogens with one attached hydrogen (secondary N) is 2. The average Bonchev–Trinajstić information content (AvgIpc) is 3.02. The summed E-state index contributed by atoms with van der Waals surface area (Å²) in [7, 11) is 0. The van der Waals surface area contributed by atoms with Gasteiger partial charge in [0.1, 0.15) is 0 Å². The monoisotopic (exact) mass is 351 g/mol. The number of amides is 2. The number of carbonyl (C=O) groups excluding carboxylic acids is 2. The van der Waals surface area contributed by atoms with E-state index in [9.17, 15) is 9.59 Å². The van der Waals surface area contributed by atoms with E-state index in [1.807, 2.05) is 54.6 Å². The van der Waals surface area contributed by atoms with Gasteiger partial charge in [0.2, 0.25) is 11.8 Å². The summed E-state index contributed by atoms with van der Waals surface area (Å²) in [4.78, 5) is 26.6. The van der Waals surface area contributed by atoms with E-state index in [4.69, 9.17) is 0 Å². The second-order valence-electron chi connectivity index (χ2n) is 6.63. The van der Waals surface area contributed by atoms with Crippen molar-refractivity contribution in [2.45, 2.75) is 26.4 Å². The molecule has 1 saturated heterocycles. The first-order valence-electron chi connectivity index (χ1n) is 9.08. The summed E-state index contributed by atoms with van der Waals surface area (Å²) in [5, 5.41) is 6.23. The van der Waals surface area contributed by atoms with Gasteiger partial charge in [0, 0.05) is 31.7 Å². The number of nitrogens with zero attached hydrogens (tertiary/aromatic N) is 1. The van der Waals surface area contributed by atoms with Crippen molar-refractivity contribution in [1.29, 1.82) is 0 Å². The molecule has 1 heterocycles. The maximum Gasteiger partial charge on any atom is 0.229 e. The number of benzene rings is 2. The highest BCUT2D eigenvalue weighted by atomic mass is 16.2. The number of rotatable bonds is 7. The van der Waals surface area contributed by atoms with Crippen molar-refractivity contribution in [2.24, 2.45) is 5.92 Å². The van der Waals surface area contributed by atoms with Crippen LogP contribution in [0.4, 0.5) is 5.69 Å². The predicted molar refractivity (Wildman–Crippen MR) is 102 cm³/mol. The highest BCUT2D eigenvalue weighted by molar-refractivity contribution is 5.97. The molecular formula is C21H25N3O2. The van der Waals surface area contributed by atoms with E-state index < -0.39 is 0 Å². The lowest BCUT2D eigenvalue weighted by Gasteiger charge is -2.16. The van der Waals surface area contributed by atoms with E-state index in [0.29, 0.717) is 13.1 Å². The smallest absolute Gasteiger partial charge is 0.229 e. The average molecular weight is 351 g/mol. The van der Waals surface area contributed by atoms with Crippen LogP contribution in [0.25, 0.3) is 0 Å². The molecule has 136 valence electrons. The molecule has 1 fully saturated rings. The van der Waals surface area contributed by atoms with Crippen molar-refractivity contribution in [1.82, 2.24) is 10.2 Å². The van der Waals surface area contributed by atoms with Crippen LogP contribution in [0.1, 0.15) is 24.5 Å². The van der Waals surface area contributed by atoms with Crippen molar-refractivity contribution >= 4 is 17.5 Å². The highest BCUT2D eigenvalue weighted by Gasteiger charge is 2.34. The third-order valence-electron chi connectivity index (χ3n) is 4.58. The molecule has 2 N–H and O–H groups in total. The fourth-order valence-corrected chi connectivity index (χ4v) is 3.18. The van der Waals surface area contributed by atoms with Gasteiger partial charge in [-0.25, -0.2) is 0 Å². The Bertz CT molecular complexity index is 761. The first kappa shape index (κ1) is 18.1. The van der Waals surface area contributed by atoms with Gasteiger partial charge in [-0.15, -0.1) is 0 Å². The zero-order chi connectivity index (χ0) is 18.4. The Labute approximate surface area is 154 Å². The van der Waals surface area contributed by atoms with E-state index in [2.05, 4.69) is 17.6 Å². The fraction of sp³-hybridized carbons (Fsp3) is 0.333. The molecule has 5 nitrogen and oxygen atoms in total. The van der Waals surface area contributed by atoms with Crippen LogP contribution >= 0.6 is 0 Å². The van der Waals surface area contributed by atoms with Gasteiger partial charge in [0.25, 0.3) is 0 Å². The van der Waals surface area contributed by atoms with Crippen LogP contribution in [-0.2, 0) is 22.7 Å². The number of carbonyl (C=O) groups is 2. The van der Waals surface area contributed by atoms with Crippen LogP contribution in [0.3, 0.4) is 0 Å². The Morgan fingerprint density at radius 1 is 1.12 bits per heavy atom. The molecule has 0 aromatic heterocycles. The number of likely N-dealkylation sites (tertiary alicyclic amines) is 1. The molecule has 0 bridgehead atoms. The summed E-state index contributed by atoms with van der Waals surface area (Å²) in [5.74, 6) is -0.354. The maximum absolute atomic E-state index is 12.6. The lowest BCUT2D eigenvalue weighted by atomic mass is 10.1. The molecule has 0 saturated carbocycles. The second kappa shape index (κ2) is 8.63. The SMILES string of the molecule is CCNCc1cccc(NC(=O)C2CC(=O)N(Cc3ccccc3)C2)c1. The molecule has 1 atom stereocenters. The molecule has 2 aromatic rings. The summed E-state index contributed by atoms with van der Waals surface area (Å²) in [6.07, 6.45) is 0.274. The quantitative estimate of drug-likeness (QED) is 0.806. The topological polar surface area (TPSA) is 61.4 Å². The lowest BCUT2D eigenvalue weighted by molar-refractivity contribution is -0.128. The Morgan fingerprint density at radius 2 is 1.88 bits per heavy atom. The molecule has 1 unspecified atom stereocenters. The molecule has 0 radical (unpaired) electrons. The van der Waals surface area contributed by atoms with Gasteiger partial charge in [0.15, 0.2) is 0 Å². The first-order valence-corrected chi connectivity index (χ1v) is 9.08. The minimum Gasteiger partial charge on any atom is -0.338 e. The zero-order valence-corrected chi connectivity index (χ0v) is 15.1. The minimum absolute atomic E-state index is 0.0369. The molecule has 0 spiro atoms. The van der Waals surface area contributed by atoms with Crippen molar-refractivity contribution in [3.63, 3.8) is 0 Å². The molecule has 26 heavy (non-hydrogen) atoms. The van der Waals surface area contributed by atoms with E-state index in [1.165, 1.54) is 0 Å². The largest absolute Gasteiger partial charge is 0.338 e. The molecular weight excluding hydrogens is 326 g/mol. The van der Waals surface area contributed by atoms with Gasteiger partial charge in [0.05, 0.1) is 5.92 Å². The van der Waals surface area contributed by atoms with Crippen molar-refractivity contribution in [3.05, 3.63) is 65.7 Å². The van der Waals surface area contributed by atoms with Crippen LogP contribution in [0, 0.1) is 5.92 Å². The molecule has 1 aliphatic heterocycles. The third kappa shape index (κ3) is 4.70. The zero-order valence-electron chi connectivity index (χ0n) is 15.1. The van der Waals surface area contributed by atoms with Crippen molar-refractivity contribution < 1.29 is 9.59 Å². The van der Waals surface area contributed by atoms with Crippen LogP contribution in [0.5, 0.6) is 0 Å². The Kier molecular flexibility index (Phi) is 6.02. The van der Waals surface area contributed by atoms with E-state index in [0.717, 1.165) is 29.9 Å². The highest BCUT2D eigenvalue weighted by Crippen LogP contribution is 2.22.